The first-order valence-corrected chi connectivity index (χ1v) is 11.5. The summed E-state index contributed by atoms with van der Waals surface area (Å²) in [7, 11) is 0. The topological polar surface area (TPSA) is 81.9 Å². The highest BCUT2D eigenvalue weighted by Crippen LogP contribution is 2.29. The molecule has 7 heteroatoms. The van der Waals surface area contributed by atoms with Gasteiger partial charge in [-0.25, -0.2) is 9.78 Å². The van der Waals surface area contributed by atoms with Gasteiger partial charge < -0.3 is 18.8 Å². The van der Waals surface area contributed by atoms with Crippen LogP contribution in [-0.4, -0.2) is 48.2 Å². The second-order valence-electron chi connectivity index (χ2n) is 8.34. The van der Waals surface area contributed by atoms with Crippen LogP contribution in [0.15, 0.2) is 28.7 Å². The molecule has 0 N–H and O–H groups in total. The Morgan fingerprint density at radius 3 is 2.44 bits per heavy atom. The molecule has 2 heterocycles. The van der Waals surface area contributed by atoms with Crippen molar-refractivity contribution in [1.82, 2.24) is 9.88 Å². The van der Waals surface area contributed by atoms with Crippen molar-refractivity contribution < 1.29 is 23.5 Å². The molecule has 174 valence electrons. The Balaban J connectivity index is 1.46. The second kappa shape index (κ2) is 11.2. The molecule has 1 aliphatic rings. The Kier molecular flexibility index (Phi) is 8.31. The van der Waals surface area contributed by atoms with E-state index in [4.69, 9.17) is 13.9 Å². The van der Waals surface area contributed by atoms with Gasteiger partial charge in [0.2, 0.25) is 5.89 Å². The van der Waals surface area contributed by atoms with Gasteiger partial charge in [-0.1, -0.05) is 24.6 Å². The van der Waals surface area contributed by atoms with Crippen LogP contribution in [0.25, 0.3) is 11.5 Å². The lowest BCUT2D eigenvalue weighted by atomic mass is 9.83. The highest BCUT2D eigenvalue weighted by Gasteiger charge is 2.32. The molecule has 1 atom stereocenters. The van der Waals surface area contributed by atoms with Gasteiger partial charge in [0, 0.05) is 25.1 Å². The summed E-state index contributed by atoms with van der Waals surface area (Å²) in [6.45, 7) is 9.60. The van der Waals surface area contributed by atoms with Crippen LogP contribution in [0.1, 0.15) is 50.1 Å². The van der Waals surface area contributed by atoms with E-state index in [2.05, 4.69) is 4.98 Å². The van der Waals surface area contributed by atoms with Gasteiger partial charge in [-0.2, -0.15) is 0 Å². The SMILES string of the molecule is CCOC(=O)C(CC)C1CCN(C(=O)OCCc2nc(-c3ccc(C)cc3)oc2C)CC1. The normalized spacial score (nSPS) is 15.4. The first-order valence-electron chi connectivity index (χ1n) is 11.5. The maximum Gasteiger partial charge on any atom is 0.409 e. The fourth-order valence-electron chi connectivity index (χ4n) is 4.23. The van der Waals surface area contributed by atoms with E-state index >= 15 is 0 Å². The Morgan fingerprint density at radius 1 is 1.12 bits per heavy atom. The predicted octanol–water partition coefficient (Wildman–Crippen LogP) is 4.94. The summed E-state index contributed by atoms with van der Waals surface area (Å²) in [6, 6.07) is 8.02. The summed E-state index contributed by atoms with van der Waals surface area (Å²) < 4.78 is 16.5. The van der Waals surface area contributed by atoms with Gasteiger partial charge in [-0.05, 0) is 58.1 Å². The number of aromatic nitrogens is 1. The quantitative estimate of drug-likeness (QED) is 0.539. The molecule has 1 aromatic heterocycles. The summed E-state index contributed by atoms with van der Waals surface area (Å²) in [6.07, 6.45) is 2.52. The molecule has 0 aliphatic carbocycles. The average Bonchev–Trinajstić information content (AvgIpc) is 3.16. The number of likely N-dealkylation sites (tertiary alicyclic amines) is 1. The number of carbonyl (C=O) groups is 2. The fourth-order valence-corrected chi connectivity index (χ4v) is 4.23. The lowest BCUT2D eigenvalue weighted by molar-refractivity contribution is -0.150. The number of ether oxygens (including phenoxy) is 2. The number of nitrogens with zero attached hydrogens (tertiary/aromatic N) is 2. The van der Waals surface area contributed by atoms with Crippen LogP contribution in [0, 0.1) is 25.7 Å². The Bertz CT molecular complexity index is 898. The highest BCUT2D eigenvalue weighted by atomic mass is 16.6. The van der Waals surface area contributed by atoms with Gasteiger partial charge in [-0.3, -0.25) is 4.79 Å². The van der Waals surface area contributed by atoms with Gasteiger partial charge in [-0.15, -0.1) is 0 Å². The minimum Gasteiger partial charge on any atom is -0.466 e. The van der Waals surface area contributed by atoms with Crippen molar-refractivity contribution in [3.63, 3.8) is 0 Å². The zero-order valence-electron chi connectivity index (χ0n) is 19.6. The lowest BCUT2D eigenvalue weighted by Gasteiger charge is -2.34. The molecular formula is C25H34N2O5. The standard InChI is InChI=1S/C25H34N2O5/c1-5-21(24(28)30-6-2)19-11-14-27(15-12-19)25(29)31-16-13-22-18(4)32-23(26-22)20-9-7-17(3)8-10-20/h7-10,19,21H,5-6,11-16H2,1-4H3. The molecule has 0 radical (unpaired) electrons. The summed E-state index contributed by atoms with van der Waals surface area (Å²) >= 11 is 0. The van der Waals surface area contributed by atoms with E-state index in [1.165, 1.54) is 5.56 Å². The van der Waals surface area contributed by atoms with Gasteiger partial charge in [0.15, 0.2) is 0 Å². The molecule has 1 fully saturated rings. The van der Waals surface area contributed by atoms with E-state index in [1.54, 1.807) is 4.90 Å². The van der Waals surface area contributed by atoms with E-state index in [0.29, 0.717) is 32.0 Å². The van der Waals surface area contributed by atoms with Crippen molar-refractivity contribution in [1.29, 1.82) is 0 Å². The molecule has 7 nitrogen and oxygen atoms in total. The maximum absolute atomic E-state index is 12.5. The van der Waals surface area contributed by atoms with Crippen LogP contribution in [0.5, 0.6) is 0 Å². The molecule has 1 amide bonds. The van der Waals surface area contributed by atoms with Crippen LogP contribution in [0.3, 0.4) is 0 Å². The first-order chi connectivity index (χ1) is 15.4. The summed E-state index contributed by atoms with van der Waals surface area (Å²) in [5, 5.41) is 0. The van der Waals surface area contributed by atoms with Crippen molar-refractivity contribution in [2.24, 2.45) is 11.8 Å². The number of piperidine rings is 1. The van der Waals surface area contributed by atoms with Gasteiger partial charge in [0.1, 0.15) is 5.76 Å². The third-order valence-electron chi connectivity index (χ3n) is 6.15. The minimum atomic E-state index is -0.312. The zero-order valence-corrected chi connectivity index (χ0v) is 19.6. The molecule has 1 aromatic carbocycles. The molecule has 2 aromatic rings. The first kappa shape index (κ1) is 23.8. The van der Waals surface area contributed by atoms with E-state index in [9.17, 15) is 9.59 Å². The number of rotatable bonds is 8. The van der Waals surface area contributed by atoms with Crippen LogP contribution in [0.2, 0.25) is 0 Å². The van der Waals surface area contributed by atoms with Crippen molar-refractivity contribution >= 4 is 12.1 Å². The molecule has 0 bridgehead atoms. The van der Waals surface area contributed by atoms with E-state index in [1.807, 2.05) is 52.0 Å². The zero-order chi connectivity index (χ0) is 23.1. The molecule has 3 rings (SSSR count). The van der Waals surface area contributed by atoms with E-state index < -0.39 is 0 Å². The number of amides is 1. The van der Waals surface area contributed by atoms with Crippen molar-refractivity contribution in [2.75, 3.05) is 26.3 Å². The molecule has 1 aliphatic heterocycles. The molecule has 0 saturated carbocycles. The van der Waals surface area contributed by atoms with Crippen molar-refractivity contribution in [2.45, 2.75) is 53.4 Å². The fraction of sp³-hybridized carbons (Fsp3) is 0.560. The van der Waals surface area contributed by atoms with Crippen molar-refractivity contribution in [3.05, 3.63) is 41.3 Å². The number of aryl methyl sites for hydroxylation is 2. The van der Waals surface area contributed by atoms with E-state index in [0.717, 1.165) is 36.3 Å². The smallest absolute Gasteiger partial charge is 0.409 e. The van der Waals surface area contributed by atoms with Crippen LogP contribution >= 0.6 is 0 Å². The van der Waals surface area contributed by atoms with Gasteiger partial charge >= 0.3 is 12.1 Å². The van der Waals surface area contributed by atoms with Crippen LogP contribution in [0.4, 0.5) is 4.79 Å². The highest BCUT2D eigenvalue weighted by molar-refractivity contribution is 5.73. The number of benzene rings is 1. The molecule has 1 unspecified atom stereocenters. The number of hydrogen-bond donors (Lipinski definition) is 0. The Morgan fingerprint density at radius 2 is 1.81 bits per heavy atom. The number of esters is 1. The Labute approximate surface area is 190 Å². The average molecular weight is 443 g/mol. The number of oxazole rings is 1. The molecule has 32 heavy (non-hydrogen) atoms. The van der Waals surface area contributed by atoms with Crippen LogP contribution < -0.4 is 0 Å². The van der Waals surface area contributed by atoms with Gasteiger partial charge in [0.05, 0.1) is 24.8 Å². The molecule has 1 saturated heterocycles. The lowest BCUT2D eigenvalue weighted by Crippen LogP contribution is -2.42. The van der Waals surface area contributed by atoms with Gasteiger partial charge in [0.25, 0.3) is 0 Å². The number of carbonyl (C=O) groups excluding carboxylic acids is 2. The predicted molar refractivity (Wildman–Crippen MR) is 121 cm³/mol. The van der Waals surface area contributed by atoms with E-state index in [-0.39, 0.29) is 30.5 Å². The molecule has 0 spiro atoms. The summed E-state index contributed by atoms with van der Waals surface area (Å²) in [5.74, 6) is 1.36. The second-order valence-corrected chi connectivity index (χ2v) is 8.34. The maximum atomic E-state index is 12.5. The van der Waals surface area contributed by atoms with Crippen molar-refractivity contribution in [3.8, 4) is 11.5 Å². The third-order valence-corrected chi connectivity index (χ3v) is 6.15. The minimum absolute atomic E-state index is 0.0917. The Hall–Kier alpha value is -2.83. The molecular weight excluding hydrogens is 408 g/mol. The largest absolute Gasteiger partial charge is 0.466 e. The third kappa shape index (κ3) is 5.90. The number of hydrogen-bond acceptors (Lipinski definition) is 6. The monoisotopic (exact) mass is 442 g/mol. The van der Waals surface area contributed by atoms with Crippen LogP contribution in [-0.2, 0) is 20.7 Å². The summed E-state index contributed by atoms with van der Waals surface area (Å²) in [5.41, 5.74) is 2.91. The summed E-state index contributed by atoms with van der Waals surface area (Å²) in [4.78, 5) is 30.9.